The maximum Gasteiger partial charge on any atom is 0.414 e. The van der Waals surface area contributed by atoms with Crippen molar-refractivity contribution in [3.63, 3.8) is 0 Å². The fraction of sp³-hybridized carbons (Fsp3) is 0.529. The monoisotopic (exact) mass is 321 g/mol. The third-order valence-electron chi connectivity index (χ3n) is 4.12. The highest BCUT2D eigenvalue weighted by Crippen LogP contribution is 2.36. The van der Waals surface area contributed by atoms with Crippen LogP contribution >= 0.6 is 0 Å². The van der Waals surface area contributed by atoms with Crippen LogP contribution in [0.1, 0.15) is 38.2 Å². The zero-order valence-electron chi connectivity index (χ0n) is 14.0. The Bertz CT molecular complexity index is 574. The van der Waals surface area contributed by atoms with Crippen molar-refractivity contribution in [2.24, 2.45) is 0 Å². The summed E-state index contributed by atoms with van der Waals surface area (Å²) in [7, 11) is 1.70. The molecule has 23 heavy (non-hydrogen) atoms. The molecule has 1 aromatic carbocycles. The van der Waals surface area contributed by atoms with Crippen molar-refractivity contribution in [1.82, 2.24) is 4.90 Å². The van der Waals surface area contributed by atoms with Crippen LogP contribution in [0.15, 0.2) is 18.2 Å². The van der Waals surface area contributed by atoms with Crippen LogP contribution in [0.2, 0.25) is 0 Å². The van der Waals surface area contributed by atoms with Crippen LogP contribution in [-0.2, 0) is 9.53 Å². The van der Waals surface area contributed by atoms with Gasteiger partial charge in [0.2, 0.25) is 0 Å². The Kier molecular flexibility index (Phi) is 5.98. The van der Waals surface area contributed by atoms with Crippen molar-refractivity contribution >= 4 is 17.7 Å². The Labute approximate surface area is 136 Å². The number of nitrogens with zero attached hydrogens (tertiary/aromatic N) is 1. The average molecular weight is 321 g/mol. The molecule has 0 saturated heterocycles. The van der Waals surface area contributed by atoms with Gasteiger partial charge in [-0.05, 0) is 32.4 Å². The molecule has 0 spiro atoms. The third kappa shape index (κ3) is 4.22. The number of benzene rings is 1. The first-order valence-corrected chi connectivity index (χ1v) is 8.11. The molecule has 1 aliphatic heterocycles. The SMILES string of the molecule is CCOC(=O)CCC1C[NH2+]c2cccc(OC(=O)N(C)CC)c21. The first-order chi connectivity index (χ1) is 11.1. The summed E-state index contributed by atoms with van der Waals surface area (Å²) >= 11 is 0. The van der Waals surface area contributed by atoms with Crippen molar-refractivity contribution in [3.05, 3.63) is 23.8 Å². The minimum Gasteiger partial charge on any atom is -0.466 e. The van der Waals surface area contributed by atoms with Crippen molar-refractivity contribution in [2.45, 2.75) is 32.6 Å². The molecule has 0 aromatic heterocycles. The molecule has 1 aromatic rings. The van der Waals surface area contributed by atoms with Crippen LogP contribution in [0, 0.1) is 0 Å². The molecule has 2 N–H and O–H groups in total. The predicted molar refractivity (Wildman–Crippen MR) is 85.8 cm³/mol. The van der Waals surface area contributed by atoms with Gasteiger partial charge in [-0.3, -0.25) is 4.79 Å². The van der Waals surface area contributed by atoms with E-state index in [0.717, 1.165) is 17.8 Å². The first kappa shape index (κ1) is 17.3. The number of hydrogen-bond acceptors (Lipinski definition) is 4. The lowest BCUT2D eigenvalue weighted by atomic mass is 9.95. The minimum atomic E-state index is -0.364. The van der Waals surface area contributed by atoms with E-state index in [4.69, 9.17) is 9.47 Å². The standard InChI is InChI=1S/C17H24N2O4/c1-4-19(3)17(21)23-14-8-6-7-13-16(14)12(11-18-13)9-10-15(20)22-5-2/h6-8,12,18H,4-5,9-11H2,1-3H3/p+1. The highest BCUT2D eigenvalue weighted by Gasteiger charge is 2.31. The van der Waals surface area contributed by atoms with Gasteiger partial charge in [0.15, 0.2) is 0 Å². The molecule has 0 aliphatic carbocycles. The number of carbonyl (C=O) groups excluding carboxylic acids is 2. The van der Waals surface area contributed by atoms with Gasteiger partial charge in [0, 0.05) is 25.9 Å². The summed E-state index contributed by atoms with van der Waals surface area (Å²) in [6.07, 6.45) is 0.709. The number of hydrogen-bond donors (Lipinski definition) is 1. The second-order valence-corrected chi connectivity index (χ2v) is 5.62. The van der Waals surface area contributed by atoms with Gasteiger partial charge in [-0.1, -0.05) is 6.07 Å². The van der Waals surface area contributed by atoms with E-state index in [1.807, 2.05) is 25.1 Å². The number of amides is 1. The molecule has 1 aliphatic rings. The summed E-state index contributed by atoms with van der Waals surface area (Å²) in [4.78, 5) is 25.1. The maximum atomic E-state index is 12.0. The van der Waals surface area contributed by atoms with E-state index in [-0.39, 0.29) is 18.0 Å². The van der Waals surface area contributed by atoms with Gasteiger partial charge in [0.25, 0.3) is 0 Å². The Hall–Kier alpha value is -2.08. The summed E-state index contributed by atoms with van der Waals surface area (Å²) in [5.74, 6) is 0.599. The molecule has 1 unspecified atom stereocenters. The zero-order valence-corrected chi connectivity index (χ0v) is 14.0. The molecular formula is C17H25N2O4+. The van der Waals surface area contributed by atoms with E-state index in [9.17, 15) is 9.59 Å². The molecule has 0 radical (unpaired) electrons. The minimum absolute atomic E-state index is 0.179. The fourth-order valence-corrected chi connectivity index (χ4v) is 2.74. The van der Waals surface area contributed by atoms with Gasteiger partial charge in [-0.25, -0.2) is 4.79 Å². The fourth-order valence-electron chi connectivity index (χ4n) is 2.74. The van der Waals surface area contributed by atoms with Crippen molar-refractivity contribution in [1.29, 1.82) is 0 Å². The Balaban J connectivity index is 2.10. The molecule has 0 saturated carbocycles. The maximum absolute atomic E-state index is 12.0. The van der Waals surface area contributed by atoms with E-state index < -0.39 is 0 Å². The Morgan fingerprint density at radius 1 is 1.35 bits per heavy atom. The van der Waals surface area contributed by atoms with Crippen LogP contribution in [-0.4, -0.2) is 43.7 Å². The van der Waals surface area contributed by atoms with E-state index in [2.05, 4.69) is 5.32 Å². The summed E-state index contributed by atoms with van der Waals surface area (Å²) in [5, 5.41) is 2.13. The number of fused-ring (bicyclic) bond motifs is 1. The van der Waals surface area contributed by atoms with Crippen molar-refractivity contribution in [3.8, 4) is 5.75 Å². The normalized spacial score (nSPS) is 15.9. The molecular weight excluding hydrogens is 296 g/mol. The van der Waals surface area contributed by atoms with E-state index in [1.54, 1.807) is 14.0 Å². The molecule has 0 bridgehead atoms. The van der Waals surface area contributed by atoms with Crippen LogP contribution < -0.4 is 10.1 Å². The summed E-state index contributed by atoms with van der Waals surface area (Å²) in [6.45, 7) is 5.54. The van der Waals surface area contributed by atoms with Gasteiger partial charge in [-0.15, -0.1) is 0 Å². The summed E-state index contributed by atoms with van der Waals surface area (Å²) < 4.78 is 10.5. The lowest BCUT2D eigenvalue weighted by molar-refractivity contribution is -0.564. The van der Waals surface area contributed by atoms with Crippen molar-refractivity contribution < 1.29 is 24.4 Å². The van der Waals surface area contributed by atoms with E-state index in [1.165, 1.54) is 4.90 Å². The summed E-state index contributed by atoms with van der Waals surface area (Å²) in [6, 6.07) is 5.72. The number of rotatable bonds is 6. The number of nitrogens with two attached hydrogens (primary N) is 1. The molecule has 6 heteroatoms. The van der Waals surface area contributed by atoms with Crippen LogP contribution in [0.4, 0.5) is 10.5 Å². The molecule has 126 valence electrons. The average Bonchev–Trinajstić information content (AvgIpc) is 2.96. The van der Waals surface area contributed by atoms with Gasteiger partial charge >= 0.3 is 12.1 Å². The molecule has 1 heterocycles. The Morgan fingerprint density at radius 3 is 2.83 bits per heavy atom. The van der Waals surface area contributed by atoms with Crippen LogP contribution in [0.3, 0.4) is 0 Å². The third-order valence-corrected chi connectivity index (χ3v) is 4.12. The van der Waals surface area contributed by atoms with Gasteiger partial charge in [-0.2, -0.15) is 0 Å². The summed E-state index contributed by atoms with van der Waals surface area (Å²) in [5.41, 5.74) is 2.11. The van der Waals surface area contributed by atoms with E-state index in [0.29, 0.717) is 31.7 Å². The topological polar surface area (TPSA) is 72.5 Å². The largest absolute Gasteiger partial charge is 0.466 e. The number of carbonyl (C=O) groups is 2. The molecule has 2 rings (SSSR count). The van der Waals surface area contributed by atoms with Crippen LogP contribution in [0.5, 0.6) is 5.75 Å². The number of esters is 1. The Morgan fingerprint density at radius 2 is 2.13 bits per heavy atom. The van der Waals surface area contributed by atoms with E-state index >= 15 is 0 Å². The lowest BCUT2D eigenvalue weighted by Gasteiger charge is -2.17. The second kappa shape index (κ2) is 7.97. The lowest BCUT2D eigenvalue weighted by Crippen LogP contribution is -2.76. The molecule has 0 fully saturated rings. The highest BCUT2D eigenvalue weighted by atomic mass is 16.6. The molecule has 6 nitrogen and oxygen atoms in total. The smallest absolute Gasteiger partial charge is 0.414 e. The molecule has 1 atom stereocenters. The number of quaternary nitrogens is 1. The quantitative estimate of drug-likeness (QED) is 0.640. The molecule has 1 amide bonds. The first-order valence-electron chi connectivity index (χ1n) is 8.11. The van der Waals surface area contributed by atoms with Gasteiger partial charge in [0.1, 0.15) is 11.4 Å². The zero-order chi connectivity index (χ0) is 16.8. The number of ether oxygens (including phenoxy) is 2. The van der Waals surface area contributed by atoms with Crippen molar-refractivity contribution in [2.75, 3.05) is 26.7 Å². The van der Waals surface area contributed by atoms with Crippen LogP contribution in [0.25, 0.3) is 0 Å². The predicted octanol–water partition coefficient (Wildman–Crippen LogP) is 1.77. The van der Waals surface area contributed by atoms with Gasteiger partial charge < -0.3 is 19.7 Å². The highest BCUT2D eigenvalue weighted by molar-refractivity contribution is 5.72. The van der Waals surface area contributed by atoms with Gasteiger partial charge in [0.05, 0.1) is 18.7 Å². The second-order valence-electron chi connectivity index (χ2n) is 5.62.